The predicted octanol–water partition coefficient (Wildman–Crippen LogP) is 4.40. The molecule has 2 heterocycles. The summed E-state index contributed by atoms with van der Waals surface area (Å²) in [5, 5.41) is 7.72. The van der Waals surface area contributed by atoms with E-state index in [0.717, 1.165) is 31.2 Å². The van der Waals surface area contributed by atoms with Crippen LogP contribution < -0.4 is 15.5 Å². The molecule has 0 radical (unpaired) electrons. The number of nitrogens with one attached hydrogen (secondary N) is 2. The predicted molar refractivity (Wildman–Crippen MR) is 137 cm³/mol. The Hall–Kier alpha value is -3.52. The molecule has 182 valence electrons. The van der Waals surface area contributed by atoms with Crippen LogP contribution in [0.15, 0.2) is 66.3 Å². The number of amides is 3. The van der Waals surface area contributed by atoms with Crippen LogP contribution in [0.3, 0.4) is 0 Å². The minimum Gasteiger partial charge on any atom is -0.351 e. The topological polar surface area (TPSA) is 91.4 Å². The highest BCUT2D eigenvalue weighted by Crippen LogP contribution is 2.31. The minimum atomic E-state index is -0.896. The Balaban J connectivity index is 1.67. The van der Waals surface area contributed by atoms with E-state index >= 15 is 0 Å². The van der Waals surface area contributed by atoms with Crippen LogP contribution in [0.2, 0.25) is 0 Å². The monoisotopic (exact) mass is 490 g/mol. The molecule has 0 bridgehead atoms. The van der Waals surface area contributed by atoms with Crippen LogP contribution in [-0.4, -0.2) is 35.3 Å². The summed E-state index contributed by atoms with van der Waals surface area (Å²) < 4.78 is 0. The molecule has 2 N–H and O–H groups in total. The van der Waals surface area contributed by atoms with E-state index in [2.05, 4.69) is 15.6 Å². The summed E-state index contributed by atoms with van der Waals surface area (Å²) in [6.45, 7) is 1.67. The van der Waals surface area contributed by atoms with E-state index in [1.54, 1.807) is 36.7 Å². The first-order valence-electron chi connectivity index (χ1n) is 11.9. The smallest absolute Gasteiger partial charge is 0.261 e. The summed E-state index contributed by atoms with van der Waals surface area (Å²) in [5.41, 5.74) is 2.15. The molecule has 2 aromatic heterocycles. The van der Waals surface area contributed by atoms with Crippen molar-refractivity contribution in [3.8, 4) is 0 Å². The van der Waals surface area contributed by atoms with E-state index in [1.807, 2.05) is 36.6 Å². The number of rotatable bonds is 8. The minimum absolute atomic E-state index is 0.0907. The first-order valence-corrected chi connectivity index (χ1v) is 12.8. The van der Waals surface area contributed by atoms with Gasteiger partial charge in [0.25, 0.3) is 5.91 Å². The average Bonchev–Trinajstić information content (AvgIpc) is 3.42. The van der Waals surface area contributed by atoms with Crippen molar-refractivity contribution in [1.29, 1.82) is 0 Å². The van der Waals surface area contributed by atoms with E-state index in [9.17, 15) is 14.4 Å². The van der Waals surface area contributed by atoms with Gasteiger partial charge in [0.2, 0.25) is 11.8 Å². The van der Waals surface area contributed by atoms with Gasteiger partial charge in [-0.2, -0.15) is 0 Å². The number of pyridine rings is 1. The van der Waals surface area contributed by atoms with Gasteiger partial charge in [-0.25, -0.2) is 0 Å². The summed E-state index contributed by atoms with van der Waals surface area (Å²) in [6.07, 6.45) is 8.45. The van der Waals surface area contributed by atoms with Crippen molar-refractivity contribution < 1.29 is 14.4 Å². The Bertz CT molecular complexity index is 1140. The highest BCUT2D eigenvalue weighted by atomic mass is 32.1. The van der Waals surface area contributed by atoms with Crippen LogP contribution in [0.5, 0.6) is 0 Å². The molecule has 0 spiro atoms. The Morgan fingerprint density at radius 2 is 1.77 bits per heavy atom. The molecule has 0 aliphatic heterocycles. The van der Waals surface area contributed by atoms with Gasteiger partial charge in [-0.05, 0) is 60.5 Å². The first kappa shape index (κ1) is 24.6. The highest BCUT2D eigenvalue weighted by Gasteiger charge is 2.34. The zero-order valence-electron chi connectivity index (χ0n) is 19.8. The van der Waals surface area contributed by atoms with Crippen molar-refractivity contribution >= 4 is 34.7 Å². The molecule has 1 aromatic carbocycles. The molecular weight excluding hydrogens is 460 g/mol. The van der Waals surface area contributed by atoms with Crippen molar-refractivity contribution in [2.45, 2.75) is 51.1 Å². The van der Waals surface area contributed by atoms with E-state index in [-0.39, 0.29) is 30.3 Å². The molecule has 3 aromatic rings. The zero-order chi connectivity index (χ0) is 24.6. The summed E-state index contributed by atoms with van der Waals surface area (Å²) >= 11 is 1.31. The number of thiophene rings is 1. The SMILES string of the molecule is Cc1ccccc1N(C(=O)CNC(=O)c1cccs1)[C@@H](C(=O)NC1CCCCC1)c1ccncc1. The highest BCUT2D eigenvalue weighted by molar-refractivity contribution is 7.12. The third kappa shape index (κ3) is 6.14. The molecule has 1 aliphatic rings. The number of carbonyl (C=O) groups excluding carboxylic acids is 3. The van der Waals surface area contributed by atoms with Gasteiger partial charge in [0.15, 0.2) is 0 Å². The summed E-state index contributed by atoms with van der Waals surface area (Å²) in [4.78, 5) is 46.1. The molecular formula is C27H30N4O3S. The van der Waals surface area contributed by atoms with Crippen LogP contribution in [0.1, 0.15) is 58.9 Å². The molecule has 1 fully saturated rings. The fourth-order valence-electron chi connectivity index (χ4n) is 4.48. The molecule has 35 heavy (non-hydrogen) atoms. The number of nitrogens with zero attached hydrogens (tertiary/aromatic N) is 2. The summed E-state index contributed by atoms with van der Waals surface area (Å²) in [7, 11) is 0. The average molecular weight is 491 g/mol. The Kier molecular flexibility index (Phi) is 8.26. The maximum absolute atomic E-state index is 13.8. The lowest BCUT2D eigenvalue weighted by molar-refractivity contribution is -0.127. The largest absolute Gasteiger partial charge is 0.351 e. The lowest BCUT2D eigenvalue weighted by Crippen LogP contribution is -2.50. The van der Waals surface area contributed by atoms with Gasteiger partial charge in [-0.3, -0.25) is 24.3 Å². The number of hydrogen-bond acceptors (Lipinski definition) is 5. The molecule has 1 atom stereocenters. The normalized spacial score (nSPS) is 14.7. The maximum atomic E-state index is 13.8. The van der Waals surface area contributed by atoms with E-state index in [4.69, 9.17) is 0 Å². The standard InChI is InChI=1S/C27H30N4O3S/c1-19-8-5-6-11-22(19)31(24(32)18-29-26(33)23-12-7-17-35-23)25(20-13-15-28-16-14-20)27(34)30-21-9-3-2-4-10-21/h5-8,11-17,21,25H,2-4,9-10,18H2,1H3,(H,29,33)(H,30,34)/t25-/m1/s1. The fourth-order valence-corrected chi connectivity index (χ4v) is 5.12. The molecule has 7 nitrogen and oxygen atoms in total. The lowest BCUT2D eigenvalue weighted by atomic mass is 9.94. The van der Waals surface area contributed by atoms with Crippen molar-refractivity contribution in [2.75, 3.05) is 11.4 Å². The molecule has 0 saturated heterocycles. The Morgan fingerprint density at radius 1 is 1.03 bits per heavy atom. The van der Waals surface area contributed by atoms with Gasteiger partial charge in [-0.15, -0.1) is 11.3 Å². The second-order valence-corrected chi connectivity index (χ2v) is 9.68. The second-order valence-electron chi connectivity index (χ2n) is 8.74. The Morgan fingerprint density at radius 3 is 2.46 bits per heavy atom. The number of para-hydroxylation sites is 1. The fraction of sp³-hybridized carbons (Fsp3) is 0.333. The van der Waals surface area contributed by atoms with Crippen LogP contribution in [0.25, 0.3) is 0 Å². The molecule has 1 saturated carbocycles. The van der Waals surface area contributed by atoms with Gasteiger partial charge in [0, 0.05) is 24.1 Å². The number of aromatic nitrogens is 1. The van der Waals surface area contributed by atoms with Gasteiger partial charge in [0.1, 0.15) is 6.04 Å². The van der Waals surface area contributed by atoms with Gasteiger partial charge in [-0.1, -0.05) is 43.5 Å². The molecule has 4 rings (SSSR count). The van der Waals surface area contributed by atoms with Crippen LogP contribution >= 0.6 is 11.3 Å². The van der Waals surface area contributed by atoms with Gasteiger partial charge >= 0.3 is 0 Å². The number of anilines is 1. The van der Waals surface area contributed by atoms with E-state index in [1.165, 1.54) is 22.7 Å². The number of hydrogen-bond donors (Lipinski definition) is 2. The number of aryl methyl sites for hydroxylation is 1. The molecule has 0 unspecified atom stereocenters. The molecule has 3 amide bonds. The molecule has 8 heteroatoms. The summed E-state index contributed by atoms with van der Waals surface area (Å²) in [6, 6.07) is 13.7. The lowest BCUT2D eigenvalue weighted by Gasteiger charge is -2.34. The molecule has 1 aliphatic carbocycles. The number of carbonyl (C=O) groups is 3. The van der Waals surface area contributed by atoms with Gasteiger partial charge in [0.05, 0.1) is 11.4 Å². The maximum Gasteiger partial charge on any atom is 0.261 e. The summed E-state index contributed by atoms with van der Waals surface area (Å²) in [5.74, 6) is -0.917. The van der Waals surface area contributed by atoms with E-state index < -0.39 is 6.04 Å². The quantitative estimate of drug-likeness (QED) is 0.490. The first-order chi connectivity index (χ1) is 17.0. The van der Waals surface area contributed by atoms with Crippen molar-refractivity contribution in [1.82, 2.24) is 15.6 Å². The van der Waals surface area contributed by atoms with E-state index in [0.29, 0.717) is 16.1 Å². The number of benzene rings is 1. The van der Waals surface area contributed by atoms with Crippen LogP contribution in [-0.2, 0) is 9.59 Å². The second kappa shape index (κ2) is 11.8. The Labute approximate surface area is 209 Å². The zero-order valence-corrected chi connectivity index (χ0v) is 20.6. The van der Waals surface area contributed by atoms with Crippen molar-refractivity contribution in [2.24, 2.45) is 0 Å². The third-order valence-electron chi connectivity index (χ3n) is 6.27. The van der Waals surface area contributed by atoms with Crippen LogP contribution in [0, 0.1) is 6.92 Å². The third-order valence-corrected chi connectivity index (χ3v) is 7.14. The van der Waals surface area contributed by atoms with Crippen LogP contribution in [0.4, 0.5) is 5.69 Å². The van der Waals surface area contributed by atoms with Crippen molar-refractivity contribution in [3.05, 3.63) is 82.3 Å². The van der Waals surface area contributed by atoms with Crippen molar-refractivity contribution in [3.63, 3.8) is 0 Å². The van der Waals surface area contributed by atoms with Gasteiger partial charge < -0.3 is 10.6 Å².